The van der Waals surface area contributed by atoms with Gasteiger partial charge < -0.3 is 28.8 Å². The van der Waals surface area contributed by atoms with Crippen LogP contribution in [0.2, 0.25) is 0 Å². The van der Waals surface area contributed by atoms with Crippen LogP contribution < -0.4 is 30.0 Å². The predicted molar refractivity (Wildman–Crippen MR) is 151 cm³/mol. The molecule has 200 valence electrons. The molecular formula is C31H31N3O5. The summed E-state index contributed by atoms with van der Waals surface area (Å²) in [6, 6.07) is 16.9. The number of para-hydroxylation sites is 1. The summed E-state index contributed by atoms with van der Waals surface area (Å²) in [7, 11) is 4.66. The van der Waals surface area contributed by atoms with E-state index in [1.165, 1.54) is 16.8 Å². The number of carbonyl (C=O) groups is 1. The molecule has 0 atom stereocenters. The van der Waals surface area contributed by atoms with E-state index in [-0.39, 0.29) is 11.5 Å². The maximum atomic E-state index is 13.6. The van der Waals surface area contributed by atoms with Gasteiger partial charge in [0.1, 0.15) is 11.1 Å². The van der Waals surface area contributed by atoms with Gasteiger partial charge >= 0.3 is 0 Å². The Hall–Kier alpha value is -4.46. The minimum absolute atomic E-state index is 0.217. The second kappa shape index (κ2) is 10.4. The van der Waals surface area contributed by atoms with Crippen LogP contribution in [0.4, 0.5) is 17.1 Å². The van der Waals surface area contributed by atoms with Gasteiger partial charge in [-0.25, -0.2) is 4.99 Å². The quantitative estimate of drug-likeness (QED) is 0.351. The average Bonchev–Trinajstić information content (AvgIpc) is 2.97. The molecule has 8 nitrogen and oxygen atoms in total. The Bertz CT molecular complexity index is 1600. The highest BCUT2D eigenvalue weighted by Gasteiger charge is 2.27. The summed E-state index contributed by atoms with van der Waals surface area (Å²) in [5, 5.41) is 3.90. The largest absolute Gasteiger partial charge is 0.493 e. The van der Waals surface area contributed by atoms with Crippen LogP contribution in [0.5, 0.6) is 17.2 Å². The number of carbonyl (C=O) groups excluding carboxylic acids is 1. The Morgan fingerprint density at radius 1 is 0.923 bits per heavy atom. The highest BCUT2D eigenvalue weighted by atomic mass is 16.5. The van der Waals surface area contributed by atoms with Crippen molar-refractivity contribution in [1.29, 1.82) is 0 Å². The van der Waals surface area contributed by atoms with E-state index in [1.807, 2.05) is 36.4 Å². The van der Waals surface area contributed by atoms with Crippen molar-refractivity contribution in [3.05, 3.63) is 76.8 Å². The van der Waals surface area contributed by atoms with E-state index in [0.717, 1.165) is 49.7 Å². The first-order chi connectivity index (χ1) is 19.1. The number of methoxy groups -OCH3 is 3. The zero-order valence-electron chi connectivity index (χ0n) is 22.4. The summed E-state index contributed by atoms with van der Waals surface area (Å²) in [6.07, 6.45) is 4.15. The second-order valence-corrected chi connectivity index (χ2v) is 9.76. The molecule has 1 N–H and O–H groups in total. The average molecular weight is 526 g/mol. The molecule has 0 saturated carbocycles. The number of nitrogens with one attached hydrogen (secondary N) is 1. The lowest BCUT2D eigenvalue weighted by molar-refractivity contribution is 0.102. The van der Waals surface area contributed by atoms with Crippen LogP contribution in [-0.2, 0) is 12.8 Å². The minimum Gasteiger partial charge on any atom is -0.493 e. The molecule has 0 bridgehead atoms. The predicted octanol–water partition coefficient (Wildman–Crippen LogP) is 5.64. The van der Waals surface area contributed by atoms with E-state index >= 15 is 0 Å². The molecule has 4 aromatic rings. The molecular weight excluding hydrogens is 494 g/mol. The summed E-state index contributed by atoms with van der Waals surface area (Å²) >= 11 is 0. The zero-order chi connectivity index (χ0) is 26.9. The first-order valence-electron chi connectivity index (χ1n) is 13.2. The Balaban J connectivity index is 1.58. The normalized spacial score (nSPS) is 14.6. The Morgan fingerprint density at radius 3 is 2.33 bits per heavy atom. The van der Waals surface area contributed by atoms with Crippen molar-refractivity contribution in [2.75, 3.05) is 44.6 Å². The van der Waals surface area contributed by atoms with Crippen LogP contribution in [0.15, 0.2) is 64.0 Å². The van der Waals surface area contributed by atoms with Gasteiger partial charge in [0.05, 0.1) is 27.0 Å². The third kappa shape index (κ3) is 4.56. The Morgan fingerprint density at radius 2 is 1.64 bits per heavy atom. The van der Waals surface area contributed by atoms with E-state index in [1.54, 1.807) is 33.5 Å². The summed E-state index contributed by atoms with van der Waals surface area (Å²) in [6.45, 7) is 2.12. The van der Waals surface area contributed by atoms with Crippen molar-refractivity contribution in [3.8, 4) is 17.2 Å². The van der Waals surface area contributed by atoms with Crippen molar-refractivity contribution in [3.63, 3.8) is 0 Å². The van der Waals surface area contributed by atoms with Crippen LogP contribution in [0.3, 0.4) is 0 Å². The first kappa shape index (κ1) is 24.9. The van der Waals surface area contributed by atoms with Gasteiger partial charge in [-0.15, -0.1) is 0 Å². The molecule has 0 fully saturated rings. The van der Waals surface area contributed by atoms with Crippen molar-refractivity contribution in [2.24, 2.45) is 4.99 Å². The molecule has 6 rings (SSSR count). The standard InChI is InChI=1S/C31H31N3O5/c1-36-25-17-22(18-26(37-2)29(25)38-3)33-31-24(30(35)32-21-10-5-4-6-11-21)16-20-15-19-9-7-13-34-14-8-12-23(27(19)34)28(20)39-31/h4-6,10-11,15-18H,7-9,12-14H2,1-3H3,(H,32,35). The summed E-state index contributed by atoms with van der Waals surface area (Å²) in [5.74, 6) is 1.09. The van der Waals surface area contributed by atoms with Gasteiger partial charge in [0.2, 0.25) is 11.3 Å². The third-order valence-corrected chi connectivity index (χ3v) is 7.39. The Labute approximate surface area is 226 Å². The number of hydrogen-bond acceptors (Lipinski definition) is 7. The number of fused-ring (bicyclic) bond motifs is 2. The molecule has 0 spiro atoms. The zero-order valence-corrected chi connectivity index (χ0v) is 22.4. The number of rotatable bonds is 6. The van der Waals surface area contributed by atoms with Gasteiger partial charge in [0.25, 0.3) is 5.91 Å². The highest BCUT2D eigenvalue weighted by molar-refractivity contribution is 6.06. The third-order valence-electron chi connectivity index (χ3n) is 7.39. The van der Waals surface area contributed by atoms with Gasteiger partial charge in [-0.3, -0.25) is 4.79 Å². The van der Waals surface area contributed by atoms with Crippen molar-refractivity contribution < 1.29 is 23.4 Å². The molecule has 1 aromatic heterocycles. The fourth-order valence-electron chi connectivity index (χ4n) is 5.67. The topological polar surface area (TPSA) is 85.5 Å². The lowest BCUT2D eigenvalue weighted by Crippen LogP contribution is -2.34. The summed E-state index contributed by atoms with van der Waals surface area (Å²) in [5.41, 5.74) is 6.36. The van der Waals surface area contributed by atoms with Crippen LogP contribution in [0.1, 0.15) is 34.3 Å². The van der Waals surface area contributed by atoms with Gasteiger partial charge in [0, 0.05) is 47.5 Å². The SMILES string of the molecule is COc1cc(N=c2oc3c4c5c(cc3cc2C(=O)Nc2ccccc2)CCCN5CCC4)cc(OC)c1OC. The second-order valence-electron chi connectivity index (χ2n) is 9.76. The Kier molecular flexibility index (Phi) is 6.60. The monoisotopic (exact) mass is 525 g/mol. The maximum Gasteiger partial charge on any atom is 0.261 e. The summed E-state index contributed by atoms with van der Waals surface area (Å²) < 4.78 is 23.1. The number of anilines is 2. The number of hydrogen-bond donors (Lipinski definition) is 1. The molecule has 0 saturated heterocycles. The molecule has 0 aliphatic carbocycles. The molecule has 1 amide bonds. The molecule has 3 aromatic carbocycles. The smallest absolute Gasteiger partial charge is 0.261 e. The van der Waals surface area contributed by atoms with Crippen LogP contribution in [0, 0.1) is 0 Å². The first-order valence-corrected chi connectivity index (χ1v) is 13.2. The van der Waals surface area contributed by atoms with Crippen molar-refractivity contribution in [2.45, 2.75) is 25.7 Å². The number of ether oxygens (including phenoxy) is 3. The molecule has 2 aliphatic heterocycles. The van der Waals surface area contributed by atoms with Crippen molar-refractivity contribution in [1.82, 2.24) is 0 Å². The van der Waals surface area contributed by atoms with Crippen molar-refractivity contribution >= 4 is 33.9 Å². The van der Waals surface area contributed by atoms with Gasteiger partial charge in [-0.1, -0.05) is 18.2 Å². The fraction of sp³-hybridized carbons (Fsp3) is 0.290. The lowest BCUT2D eigenvalue weighted by atomic mass is 9.90. The van der Waals surface area contributed by atoms with Crippen LogP contribution in [-0.4, -0.2) is 40.3 Å². The van der Waals surface area contributed by atoms with Crippen LogP contribution in [0.25, 0.3) is 11.0 Å². The molecule has 0 unspecified atom stereocenters. The fourth-order valence-corrected chi connectivity index (χ4v) is 5.67. The molecule has 8 heteroatoms. The number of benzene rings is 3. The minimum atomic E-state index is -0.300. The van der Waals surface area contributed by atoms with Gasteiger partial charge in [-0.05, 0) is 55.5 Å². The van der Waals surface area contributed by atoms with E-state index < -0.39 is 0 Å². The molecule has 0 radical (unpaired) electrons. The molecule has 3 heterocycles. The van der Waals surface area contributed by atoms with Crippen LogP contribution >= 0.6 is 0 Å². The summed E-state index contributed by atoms with van der Waals surface area (Å²) in [4.78, 5) is 20.9. The van der Waals surface area contributed by atoms with E-state index in [0.29, 0.717) is 34.2 Å². The molecule has 39 heavy (non-hydrogen) atoms. The maximum absolute atomic E-state index is 13.6. The lowest BCUT2D eigenvalue weighted by Gasteiger charge is -2.37. The number of amides is 1. The molecule has 2 aliphatic rings. The van der Waals surface area contributed by atoms with E-state index in [2.05, 4.69) is 16.3 Å². The van der Waals surface area contributed by atoms with E-state index in [4.69, 9.17) is 23.6 Å². The van der Waals surface area contributed by atoms with Gasteiger partial charge in [-0.2, -0.15) is 0 Å². The number of nitrogens with zero attached hydrogens (tertiary/aromatic N) is 2. The highest BCUT2D eigenvalue weighted by Crippen LogP contribution is 2.42. The number of aryl methyl sites for hydroxylation is 2. The van der Waals surface area contributed by atoms with Gasteiger partial charge in [0.15, 0.2) is 11.5 Å². The van der Waals surface area contributed by atoms with E-state index in [9.17, 15) is 4.79 Å².